The molecule has 0 bridgehead atoms. The number of rotatable bonds is 6. The van der Waals surface area contributed by atoms with E-state index in [1.54, 1.807) is 0 Å². The quantitative estimate of drug-likeness (QED) is 0.553. The Morgan fingerprint density at radius 3 is 2.32 bits per heavy atom. The first-order chi connectivity index (χ1) is 16.2. The molecule has 0 atom stereocenters. The molecular formula is C26H34N6OS. The SMILES string of the molecule is Cc1cc(C)c(-c2csc(NC(=O)CN3CCN(c4cc(C)nc(C(C)C)n4)CC3)n2)c(C)c1. The predicted octanol–water partition coefficient (Wildman–Crippen LogP) is 4.72. The van der Waals surface area contributed by atoms with Gasteiger partial charge in [-0.15, -0.1) is 11.3 Å². The van der Waals surface area contributed by atoms with Crippen LogP contribution in [0.2, 0.25) is 0 Å². The highest BCUT2D eigenvalue weighted by Gasteiger charge is 2.21. The van der Waals surface area contributed by atoms with Crippen molar-refractivity contribution in [2.24, 2.45) is 0 Å². The van der Waals surface area contributed by atoms with Gasteiger partial charge in [-0.05, 0) is 38.8 Å². The zero-order valence-electron chi connectivity index (χ0n) is 21.0. The van der Waals surface area contributed by atoms with Gasteiger partial charge in [0.15, 0.2) is 5.13 Å². The van der Waals surface area contributed by atoms with Gasteiger partial charge in [0.05, 0.1) is 12.2 Å². The molecule has 8 heteroatoms. The molecule has 0 aliphatic carbocycles. The molecule has 0 radical (unpaired) electrons. The molecule has 180 valence electrons. The summed E-state index contributed by atoms with van der Waals surface area (Å²) in [5.74, 6) is 2.15. The number of hydrogen-bond donors (Lipinski definition) is 1. The van der Waals surface area contributed by atoms with Gasteiger partial charge in [0.1, 0.15) is 11.6 Å². The van der Waals surface area contributed by atoms with Crippen molar-refractivity contribution in [3.05, 3.63) is 51.8 Å². The summed E-state index contributed by atoms with van der Waals surface area (Å²) in [7, 11) is 0. The summed E-state index contributed by atoms with van der Waals surface area (Å²) in [6.45, 7) is 16.3. The number of aromatic nitrogens is 3. The summed E-state index contributed by atoms with van der Waals surface area (Å²) >= 11 is 1.47. The fourth-order valence-corrected chi connectivity index (χ4v) is 5.24. The monoisotopic (exact) mass is 478 g/mol. The number of aryl methyl sites for hydroxylation is 4. The van der Waals surface area contributed by atoms with Crippen molar-refractivity contribution in [1.82, 2.24) is 19.9 Å². The summed E-state index contributed by atoms with van der Waals surface area (Å²) in [5, 5.41) is 5.66. The second-order valence-electron chi connectivity index (χ2n) is 9.50. The second-order valence-corrected chi connectivity index (χ2v) is 10.4. The molecule has 0 saturated carbocycles. The number of amides is 1. The van der Waals surface area contributed by atoms with Gasteiger partial charge in [-0.3, -0.25) is 9.69 Å². The molecule has 0 unspecified atom stereocenters. The zero-order chi connectivity index (χ0) is 24.4. The normalized spacial score (nSPS) is 14.6. The maximum atomic E-state index is 12.7. The summed E-state index contributed by atoms with van der Waals surface area (Å²) < 4.78 is 0. The highest BCUT2D eigenvalue weighted by molar-refractivity contribution is 7.14. The Balaban J connectivity index is 1.33. The molecule has 0 spiro atoms. The first-order valence-electron chi connectivity index (χ1n) is 11.9. The molecule has 7 nitrogen and oxygen atoms in total. The number of benzene rings is 1. The van der Waals surface area contributed by atoms with Crippen molar-refractivity contribution in [1.29, 1.82) is 0 Å². The Kier molecular flexibility index (Phi) is 7.28. The van der Waals surface area contributed by atoms with Crippen molar-refractivity contribution < 1.29 is 4.79 Å². The van der Waals surface area contributed by atoms with E-state index >= 15 is 0 Å². The van der Waals surface area contributed by atoms with Crippen LogP contribution in [0.15, 0.2) is 23.6 Å². The van der Waals surface area contributed by atoms with Gasteiger partial charge in [-0.1, -0.05) is 31.5 Å². The van der Waals surface area contributed by atoms with Gasteiger partial charge >= 0.3 is 0 Å². The van der Waals surface area contributed by atoms with E-state index in [0.29, 0.717) is 17.6 Å². The van der Waals surface area contributed by atoms with Crippen LogP contribution in [0.5, 0.6) is 0 Å². The average Bonchev–Trinajstić information content (AvgIpc) is 3.20. The number of carbonyl (C=O) groups excluding carboxylic acids is 1. The number of piperazine rings is 1. The first kappa shape index (κ1) is 24.3. The standard InChI is InChI=1S/C26H34N6OS/c1-16(2)25-27-20(6)13-22(29-25)32-9-7-31(8-10-32)14-23(33)30-26-28-21(15-34-26)24-18(4)11-17(3)12-19(24)5/h11-13,15-16H,7-10,14H2,1-6H3,(H,28,30,33). The van der Waals surface area contributed by atoms with Crippen LogP contribution in [0.25, 0.3) is 11.3 Å². The molecule has 3 aromatic rings. The Hall–Kier alpha value is -2.84. The summed E-state index contributed by atoms with van der Waals surface area (Å²) in [4.78, 5) is 31.2. The van der Waals surface area contributed by atoms with Crippen LogP contribution in [-0.4, -0.2) is 58.5 Å². The van der Waals surface area contributed by atoms with Crippen LogP contribution in [-0.2, 0) is 4.79 Å². The zero-order valence-corrected chi connectivity index (χ0v) is 21.8. The number of nitrogens with one attached hydrogen (secondary N) is 1. The largest absolute Gasteiger partial charge is 0.354 e. The van der Waals surface area contributed by atoms with E-state index in [2.05, 4.69) is 66.9 Å². The van der Waals surface area contributed by atoms with Crippen LogP contribution >= 0.6 is 11.3 Å². The third-order valence-corrected chi connectivity index (χ3v) is 6.88. The Bertz CT molecular complexity index is 1160. The molecule has 1 N–H and O–H groups in total. The fraction of sp³-hybridized carbons (Fsp3) is 0.462. The minimum absolute atomic E-state index is 0.0216. The smallest absolute Gasteiger partial charge is 0.240 e. The molecule has 2 aromatic heterocycles. The molecule has 1 aliphatic rings. The fourth-order valence-electron chi connectivity index (χ4n) is 4.52. The van der Waals surface area contributed by atoms with E-state index in [1.165, 1.54) is 28.0 Å². The van der Waals surface area contributed by atoms with Gasteiger partial charge in [0.25, 0.3) is 0 Å². The Morgan fingerprint density at radius 2 is 1.68 bits per heavy atom. The van der Waals surface area contributed by atoms with Crippen LogP contribution in [0, 0.1) is 27.7 Å². The lowest BCUT2D eigenvalue weighted by Crippen LogP contribution is -2.49. The van der Waals surface area contributed by atoms with Crippen molar-refractivity contribution in [2.45, 2.75) is 47.5 Å². The maximum absolute atomic E-state index is 12.7. The highest BCUT2D eigenvalue weighted by Crippen LogP contribution is 2.31. The van der Waals surface area contributed by atoms with E-state index in [9.17, 15) is 4.79 Å². The second kappa shape index (κ2) is 10.2. The minimum atomic E-state index is -0.0216. The minimum Gasteiger partial charge on any atom is -0.354 e. The van der Waals surface area contributed by atoms with Gasteiger partial charge in [-0.25, -0.2) is 15.0 Å². The van der Waals surface area contributed by atoms with Gasteiger partial charge in [0, 0.05) is 54.8 Å². The molecular weight excluding hydrogens is 444 g/mol. The highest BCUT2D eigenvalue weighted by atomic mass is 32.1. The topological polar surface area (TPSA) is 74.2 Å². The van der Waals surface area contributed by atoms with E-state index in [4.69, 9.17) is 9.97 Å². The number of thiazole rings is 1. The summed E-state index contributed by atoms with van der Waals surface area (Å²) in [6, 6.07) is 6.39. The van der Waals surface area contributed by atoms with Gasteiger partial charge < -0.3 is 10.2 Å². The molecule has 1 saturated heterocycles. The van der Waals surface area contributed by atoms with Crippen LogP contribution in [0.3, 0.4) is 0 Å². The maximum Gasteiger partial charge on any atom is 0.240 e. The van der Waals surface area contributed by atoms with E-state index < -0.39 is 0 Å². The predicted molar refractivity (Wildman–Crippen MR) is 140 cm³/mol. The first-order valence-corrected chi connectivity index (χ1v) is 12.7. The number of anilines is 2. The summed E-state index contributed by atoms with van der Waals surface area (Å²) in [5.41, 5.74) is 6.73. The number of carbonyl (C=O) groups is 1. The average molecular weight is 479 g/mol. The Morgan fingerprint density at radius 1 is 1.00 bits per heavy atom. The Labute approximate surface area is 206 Å². The molecule has 1 amide bonds. The molecule has 4 rings (SSSR count). The van der Waals surface area contributed by atoms with Crippen molar-refractivity contribution in [2.75, 3.05) is 42.9 Å². The van der Waals surface area contributed by atoms with E-state index in [1.807, 2.05) is 18.4 Å². The van der Waals surface area contributed by atoms with Crippen molar-refractivity contribution >= 4 is 28.2 Å². The molecule has 3 heterocycles. The lowest BCUT2D eigenvalue weighted by molar-refractivity contribution is -0.117. The van der Waals surface area contributed by atoms with Crippen LogP contribution < -0.4 is 10.2 Å². The molecule has 34 heavy (non-hydrogen) atoms. The molecule has 1 fully saturated rings. The third-order valence-electron chi connectivity index (χ3n) is 6.12. The van der Waals surface area contributed by atoms with Crippen LogP contribution in [0.1, 0.15) is 48.0 Å². The van der Waals surface area contributed by atoms with Gasteiger partial charge in [-0.2, -0.15) is 0 Å². The molecule has 1 aliphatic heterocycles. The number of nitrogens with zero attached hydrogens (tertiary/aromatic N) is 5. The van der Waals surface area contributed by atoms with Crippen molar-refractivity contribution in [3.8, 4) is 11.3 Å². The van der Waals surface area contributed by atoms with E-state index in [0.717, 1.165) is 54.8 Å². The van der Waals surface area contributed by atoms with Crippen molar-refractivity contribution in [3.63, 3.8) is 0 Å². The lowest BCUT2D eigenvalue weighted by Gasteiger charge is -2.35. The van der Waals surface area contributed by atoms with E-state index in [-0.39, 0.29) is 5.91 Å². The third kappa shape index (κ3) is 5.62. The number of hydrogen-bond acceptors (Lipinski definition) is 7. The lowest BCUT2D eigenvalue weighted by atomic mass is 9.98. The van der Waals surface area contributed by atoms with Crippen LogP contribution in [0.4, 0.5) is 10.9 Å². The van der Waals surface area contributed by atoms with Gasteiger partial charge in [0.2, 0.25) is 5.91 Å². The molecule has 1 aromatic carbocycles. The summed E-state index contributed by atoms with van der Waals surface area (Å²) in [6.07, 6.45) is 0.